The van der Waals surface area contributed by atoms with Crippen LogP contribution in [0.25, 0.3) is 0 Å². The fourth-order valence-corrected chi connectivity index (χ4v) is 3.12. The third-order valence-corrected chi connectivity index (χ3v) is 4.55. The van der Waals surface area contributed by atoms with Gasteiger partial charge in [0.05, 0.1) is 12.6 Å². The highest BCUT2D eigenvalue weighted by Crippen LogP contribution is 2.19. The summed E-state index contributed by atoms with van der Waals surface area (Å²) in [6.45, 7) is 4.50. The van der Waals surface area contributed by atoms with Crippen LogP contribution in [0.2, 0.25) is 5.02 Å². The van der Waals surface area contributed by atoms with Crippen LogP contribution < -0.4 is 10.6 Å². The highest BCUT2D eigenvalue weighted by atomic mass is 35.5. The fourth-order valence-electron chi connectivity index (χ4n) is 2.99. The first-order valence-electron chi connectivity index (χ1n) is 8.06. The zero-order chi connectivity index (χ0) is 15.9. The smallest absolute Gasteiger partial charge is 0.234 e. The summed E-state index contributed by atoms with van der Waals surface area (Å²) in [5, 5.41) is 7.16. The monoisotopic (exact) mass is 323 g/mol. The molecule has 2 unspecified atom stereocenters. The van der Waals surface area contributed by atoms with Crippen LogP contribution in [-0.2, 0) is 4.79 Å². The maximum atomic E-state index is 12.3. The van der Waals surface area contributed by atoms with E-state index in [9.17, 15) is 4.79 Å². The zero-order valence-corrected chi connectivity index (χ0v) is 14.2. The molecule has 1 aliphatic heterocycles. The Balaban J connectivity index is 1.88. The molecule has 0 bridgehead atoms. The number of hydrogen-bond acceptors (Lipinski definition) is 3. The van der Waals surface area contributed by atoms with Crippen LogP contribution >= 0.6 is 11.6 Å². The van der Waals surface area contributed by atoms with Gasteiger partial charge in [0.25, 0.3) is 0 Å². The summed E-state index contributed by atoms with van der Waals surface area (Å²) in [5.74, 6) is 0.0959. The number of carbonyl (C=O) groups is 1. The molecule has 122 valence electrons. The van der Waals surface area contributed by atoms with Gasteiger partial charge >= 0.3 is 0 Å². The van der Waals surface area contributed by atoms with Crippen LogP contribution in [0.3, 0.4) is 0 Å². The van der Waals surface area contributed by atoms with E-state index in [2.05, 4.69) is 22.5 Å². The van der Waals surface area contributed by atoms with Crippen LogP contribution in [-0.4, -0.2) is 43.5 Å². The summed E-state index contributed by atoms with van der Waals surface area (Å²) < 4.78 is 0. The van der Waals surface area contributed by atoms with Gasteiger partial charge in [0, 0.05) is 17.6 Å². The maximum Gasteiger partial charge on any atom is 0.234 e. The van der Waals surface area contributed by atoms with Crippen molar-refractivity contribution in [3.8, 4) is 0 Å². The normalized spacial score (nSPS) is 20.6. The molecule has 5 heteroatoms. The van der Waals surface area contributed by atoms with Gasteiger partial charge in [0.1, 0.15) is 0 Å². The molecule has 0 aliphatic carbocycles. The molecule has 0 radical (unpaired) electrons. The van der Waals surface area contributed by atoms with Gasteiger partial charge in [-0.1, -0.05) is 30.7 Å². The number of benzene rings is 1. The van der Waals surface area contributed by atoms with E-state index in [1.807, 2.05) is 31.3 Å². The lowest BCUT2D eigenvalue weighted by Crippen LogP contribution is -2.48. The SMILES string of the molecule is CCC(NC(=O)CN1CCCC(NC)C1)c1ccc(Cl)cc1. The molecule has 1 aliphatic rings. The summed E-state index contributed by atoms with van der Waals surface area (Å²) >= 11 is 5.92. The molecule has 1 aromatic rings. The molecule has 2 N–H and O–H groups in total. The lowest BCUT2D eigenvalue weighted by molar-refractivity contribution is -0.123. The van der Waals surface area contributed by atoms with Gasteiger partial charge in [-0.25, -0.2) is 0 Å². The average molecular weight is 324 g/mol. The van der Waals surface area contributed by atoms with Crippen LogP contribution in [0.1, 0.15) is 37.8 Å². The third-order valence-electron chi connectivity index (χ3n) is 4.30. The topological polar surface area (TPSA) is 44.4 Å². The predicted octanol–water partition coefficient (Wildman–Crippen LogP) is 2.59. The van der Waals surface area contributed by atoms with Crippen molar-refractivity contribution in [2.75, 3.05) is 26.7 Å². The summed E-state index contributed by atoms with van der Waals surface area (Å²) in [6.07, 6.45) is 3.21. The number of rotatable bonds is 6. The van der Waals surface area contributed by atoms with Crippen LogP contribution in [0.4, 0.5) is 0 Å². The van der Waals surface area contributed by atoms with E-state index in [0.717, 1.165) is 36.5 Å². The summed E-state index contributed by atoms with van der Waals surface area (Å²) in [4.78, 5) is 14.5. The Hall–Kier alpha value is -1.10. The van der Waals surface area contributed by atoms with E-state index < -0.39 is 0 Å². The van der Waals surface area contributed by atoms with Crippen molar-refractivity contribution in [3.63, 3.8) is 0 Å². The highest BCUT2D eigenvalue weighted by Gasteiger charge is 2.21. The second-order valence-electron chi connectivity index (χ2n) is 5.94. The van der Waals surface area contributed by atoms with Crippen LogP contribution in [0, 0.1) is 0 Å². The predicted molar refractivity (Wildman–Crippen MR) is 91.1 cm³/mol. The first-order chi connectivity index (χ1) is 10.6. The molecular weight excluding hydrogens is 298 g/mol. The lowest BCUT2D eigenvalue weighted by Gasteiger charge is -2.32. The first kappa shape index (κ1) is 17.3. The molecule has 2 rings (SSSR count). The molecule has 1 fully saturated rings. The lowest BCUT2D eigenvalue weighted by atomic mass is 10.0. The van der Waals surface area contributed by atoms with E-state index in [-0.39, 0.29) is 11.9 Å². The van der Waals surface area contributed by atoms with Gasteiger partial charge in [-0.3, -0.25) is 9.69 Å². The molecule has 2 atom stereocenters. The third kappa shape index (κ3) is 4.97. The summed E-state index contributed by atoms with van der Waals surface area (Å²) in [5.41, 5.74) is 1.10. The van der Waals surface area contributed by atoms with Crippen LogP contribution in [0.5, 0.6) is 0 Å². The molecule has 0 spiro atoms. The van der Waals surface area contributed by atoms with Gasteiger partial charge in [-0.05, 0) is 50.6 Å². The van der Waals surface area contributed by atoms with Gasteiger partial charge in [0.15, 0.2) is 0 Å². The zero-order valence-electron chi connectivity index (χ0n) is 13.4. The molecule has 1 heterocycles. The quantitative estimate of drug-likeness (QED) is 0.845. The Labute approximate surface area is 138 Å². The molecule has 0 saturated carbocycles. The van der Waals surface area contributed by atoms with Crippen molar-refractivity contribution >= 4 is 17.5 Å². The van der Waals surface area contributed by atoms with E-state index in [0.29, 0.717) is 12.6 Å². The Morgan fingerprint density at radius 2 is 2.14 bits per heavy atom. The Kier molecular flexibility index (Phi) is 6.68. The minimum absolute atomic E-state index is 0.0506. The van der Waals surface area contributed by atoms with Gasteiger partial charge in [0.2, 0.25) is 5.91 Å². The van der Waals surface area contributed by atoms with Gasteiger partial charge < -0.3 is 10.6 Å². The molecule has 1 aromatic carbocycles. The minimum Gasteiger partial charge on any atom is -0.348 e. The number of nitrogens with zero attached hydrogens (tertiary/aromatic N) is 1. The fraction of sp³-hybridized carbons (Fsp3) is 0.588. The Morgan fingerprint density at radius 3 is 2.77 bits per heavy atom. The number of likely N-dealkylation sites (tertiary alicyclic amines) is 1. The van der Waals surface area contributed by atoms with Crippen molar-refractivity contribution in [1.82, 2.24) is 15.5 Å². The van der Waals surface area contributed by atoms with Crippen molar-refractivity contribution in [3.05, 3.63) is 34.9 Å². The van der Waals surface area contributed by atoms with Crippen molar-refractivity contribution in [2.24, 2.45) is 0 Å². The minimum atomic E-state index is 0.0506. The number of halogens is 1. The largest absolute Gasteiger partial charge is 0.348 e. The Morgan fingerprint density at radius 1 is 1.41 bits per heavy atom. The second-order valence-corrected chi connectivity index (χ2v) is 6.38. The van der Waals surface area contributed by atoms with E-state index in [4.69, 9.17) is 11.6 Å². The molecule has 4 nitrogen and oxygen atoms in total. The van der Waals surface area contributed by atoms with Crippen molar-refractivity contribution in [1.29, 1.82) is 0 Å². The number of carbonyl (C=O) groups excluding carboxylic acids is 1. The molecule has 1 amide bonds. The second kappa shape index (κ2) is 8.51. The molecular formula is C17H26ClN3O. The highest BCUT2D eigenvalue weighted by molar-refractivity contribution is 6.30. The van der Waals surface area contributed by atoms with E-state index in [1.54, 1.807) is 0 Å². The van der Waals surface area contributed by atoms with Crippen LogP contribution in [0.15, 0.2) is 24.3 Å². The molecule has 0 aromatic heterocycles. The summed E-state index contributed by atoms with van der Waals surface area (Å²) in [6, 6.07) is 8.25. The van der Waals surface area contributed by atoms with E-state index in [1.165, 1.54) is 6.42 Å². The van der Waals surface area contributed by atoms with Crippen molar-refractivity contribution < 1.29 is 4.79 Å². The summed E-state index contributed by atoms with van der Waals surface area (Å²) in [7, 11) is 1.99. The van der Waals surface area contributed by atoms with Crippen molar-refractivity contribution in [2.45, 2.75) is 38.3 Å². The number of piperidine rings is 1. The number of hydrogen-bond donors (Lipinski definition) is 2. The van der Waals surface area contributed by atoms with E-state index >= 15 is 0 Å². The molecule has 1 saturated heterocycles. The standard InChI is InChI=1S/C17H26ClN3O/c1-3-16(13-6-8-14(18)9-7-13)20-17(22)12-21-10-4-5-15(11-21)19-2/h6-9,15-16,19H,3-5,10-12H2,1-2H3,(H,20,22). The number of amides is 1. The average Bonchev–Trinajstić information content (AvgIpc) is 2.53. The number of nitrogens with one attached hydrogen (secondary N) is 2. The van der Waals surface area contributed by atoms with Gasteiger partial charge in [-0.15, -0.1) is 0 Å². The number of likely N-dealkylation sites (N-methyl/N-ethyl adjacent to an activating group) is 1. The maximum absolute atomic E-state index is 12.3. The molecule has 22 heavy (non-hydrogen) atoms. The first-order valence-corrected chi connectivity index (χ1v) is 8.44. The Bertz CT molecular complexity index is 477. The van der Waals surface area contributed by atoms with Gasteiger partial charge in [-0.2, -0.15) is 0 Å².